The first-order chi connectivity index (χ1) is 21.1. The molecule has 0 spiro atoms. The molecule has 1 saturated heterocycles. The number of hydrogen-bond donors (Lipinski definition) is 3. The van der Waals surface area contributed by atoms with Crippen molar-refractivity contribution in [3.63, 3.8) is 0 Å². The molecule has 0 unspecified atom stereocenters. The number of allylic oxidation sites excluding steroid dienone is 1. The normalized spacial score (nSPS) is 18.6. The largest absolute Gasteiger partial charge is 0.480 e. The van der Waals surface area contributed by atoms with Gasteiger partial charge >= 0.3 is 11.9 Å². The number of benzene rings is 1. The molecule has 1 aromatic carbocycles. The molecule has 19 heteroatoms. The lowest BCUT2D eigenvalue weighted by molar-refractivity contribution is -0.140. The van der Waals surface area contributed by atoms with E-state index in [2.05, 4.69) is 0 Å². The highest BCUT2D eigenvalue weighted by Gasteiger charge is 2.36. The van der Waals surface area contributed by atoms with Gasteiger partial charge in [-0.15, -0.1) is 11.3 Å². The fourth-order valence-corrected chi connectivity index (χ4v) is 7.70. The maximum atomic E-state index is 13.6. The zero-order valence-electron chi connectivity index (χ0n) is 23.5. The van der Waals surface area contributed by atoms with Crippen molar-refractivity contribution in [2.75, 3.05) is 30.5 Å². The number of nitrogens with zero attached hydrogens (tertiary/aromatic N) is 3. The maximum absolute atomic E-state index is 13.6. The van der Waals surface area contributed by atoms with Crippen LogP contribution in [0.4, 0.5) is 5.69 Å². The summed E-state index contributed by atoms with van der Waals surface area (Å²) in [5.41, 5.74) is 0.293. The first kappa shape index (κ1) is 32.5. The van der Waals surface area contributed by atoms with Crippen LogP contribution in [0.5, 0.6) is 17.2 Å². The molecule has 0 atom stereocenters. The topological polar surface area (TPSA) is 202 Å². The molecule has 5 rings (SSSR count). The van der Waals surface area contributed by atoms with Crippen LogP contribution in [0.25, 0.3) is 11.0 Å². The van der Waals surface area contributed by atoms with Crippen molar-refractivity contribution in [3.05, 3.63) is 43.1 Å². The third-order valence-electron chi connectivity index (χ3n) is 6.67. The zero-order valence-corrected chi connectivity index (χ0v) is 26.8. The number of anilines is 1. The lowest BCUT2D eigenvalue weighted by Crippen LogP contribution is -2.37. The molecule has 2 aromatic rings. The lowest BCUT2D eigenvalue weighted by atomic mass is 10.0. The minimum atomic E-state index is -4.25. The van der Waals surface area contributed by atoms with E-state index in [1.165, 1.54) is 6.08 Å². The number of thioether (sulfide) groups is 1. The van der Waals surface area contributed by atoms with Crippen LogP contribution >= 0.6 is 35.3 Å². The minimum absolute atomic E-state index is 0.00153. The predicted molar refractivity (Wildman–Crippen MR) is 166 cm³/mol. The molecule has 3 N–H and O–H groups in total. The summed E-state index contributed by atoms with van der Waals surface area (Å²) in [7, 11) is -4.25. The van der Waals surface area contributed by atoms with Crippen LogP contribution in [0.2, 0.25) is 0 Å². The van der Waals surface area contributed by atoms with E-state index in [1.807, 2.05) is 13.8 Å². The van der Waals surface area contributed by atoms with Crippen LogP contribution < -0.4 is 33.9 Å². The number of aliphatic carboxylic acids is 2. The number of aromatic nitrogens is 1. The van der Waals surface area contributed by atoms with Gasteiger partial charge in [0.2, 0.25) is 12.7 Å². The number of carboxylic acids is 2. The van der Waals surface area contributed by atoms with E-state index >= 15 is 0 Å². The number of carbonyl (C=O) groups is 3. The Morgan fingerprint density at radius 2 is 1.73 bits per heavy atom. The smallest absolute Gasteiger partial charge is 0.323 e. The number of amides is 1. The first-order valence-electron chi connectivity index (χ1n) is 13.2. The number of hydrogen-bond acceptors (Lipinski definition) is 13. The Kier molecular flexibility index (Phi) is 9.00. The second kappa shape index (κ2) is 12.5. The summed E-state index contributed by atoms with van der Waals surface area (Å²) in [5.74, 6) is -2.72. The Balaban J connectivity index is 1.68. The molecule has 1 aromatic heterocycles. The van der Waals surface area contributed by atoms with Crippen LogP contribution in [0.15, 0.2) is 28.4 Å². The molecule has 0 aliphatic carbocycles. The van der Waals surface area contributed by atoms with Crippen molar-refractivity contribution >= 4 is 84.3 Å². The zero-order chi connectivity index (χ0) is 32.8. The molecule has 45 heavy (non-hydrogen) atoms. The number of rotatable bonds is 10. The number of carboxylic acid groups (broad SMARTS) is 2. The third-order valence-corrected chi connectivity index (χ3v) is 10.2. The third kappa shape index (κ3) is 6.71. The van der Waals surface area contributed by atoms with Crippen molar-refractivity contribution in [2.45, 2.75) is 26.8 Å². The van der Waals surface area contributed by atoms with E-state index in [9.17, 15) is 42.4 Å². The molecule has 3 aliphatic rings. The van der Waals surface area contributed by atoms with E-state index in [0.29, 0.717) is 28.5 Å². The minimum Gasteiger partial charge on any atom is -0.480 e. The number of carbonyl (C=O) groups excluding carboxylic acids is 1. The molecule has 15 nitrogen and oxygen atoms in total. The van der Waals surface area contributed by atoms with Crippen molar-refractivity contribution in [1.82, 2.24) is 9.47 Å². The van der Waals surface area contributed by atoms with Crippen LogP contribution in [0.1, 0.15) is 20.3 Å². The molecule has 1 fully saturated rings. The van der Waals surface area contributed by atoms with Gasteiger partial charge in [-0.2, -0.15) is 8.42 Å². The van der Waals surface area contributed by atoms with Crippen molar-refractivity contribution in [3.8, 4) is 17.2 Å². The number of ether oxygens (including phenoxy) is 3. The Bertz CT molecular complexity index is 1960. The van der Waals surface area contributed by atoms with Gasteiger partial charge in [-0.25, -0.2) is 0 Å². The highest BCUT2D eigenvalue weighted by Crippen LogP contribution is 2.48. The van der Waals surface area contributed by atoms with Gasteiger partial charge in [0.05, 0.1) is 16.0 Å². The summed E-state index contributed by atoms with van der Waals surface area (Å²) in [4.78, 5) is 52.2. The van der Waals surface area contributed by atoms with Gasteiger partial charge in [-0.05, 0) is 18.4 Å². The van der Waals surface area contributed by atoms with Crippen LogP contribution in [0.3, 0.4) is 0 Å². The second-order valence-corrected chi connectivity index (χ2v) is 14.4. The van der Waals surface area contributed by atoms with E-state index in [0.717, 1.165) is 32.6 Å². The van der Waals surface area contributed by atoms with Gasteiger partial charge in [0.1, 0.15) is 27.0 Å². The van der Waals surface area contributed by atoms with Crippen molar-refractivity contribution in [2.24, 2.45) is 5.92 Å². The molecule has 3 aliphatic heterocycles. The molecule has 1 amide bonds. The molecule has 240 valence electrons. The van der Waals surface area contributed by atoms with Gasteiger partial charge in [-0.3, -0.25) is 33.2 Å². The molecular weight excluding hydrogens is 675 g/mol. The van der Waals surface area contributed by atoms with E-state index in [1.54, 1.807) is 17.0 Å². The molecule has 0 bridgehead atoms. The molecule has 0 saturated carbocycles. The average molecular weight is 700 g/mol. The van der Waals surface area contributed by atoms with Gasteiger partial charge in [0.15, 0.2) is 17.2 Å². The summed E-state index contributed by atoms with van der Waals surface area (Å²) < 4.78 is 50.3. The maximum Gasteiger partial charge on any atom is 0.323 e. The van der Waals surface area contributed by atoms with Crippen LogP contribution in [-0.2, 0) is 31.0 Å². The number of fused-ring (bicyclic) bond motifs is 2. The van der Waals surface area contributed by atoms with E-state index in [-0.39, 0.29) is 50.0 Å². The van der Waals surface area contributed by atoms with Gasteiger partial charge in [0, 0.05) is 24.3 Å². The molecule has 4 heterocycles. The Morgan fingerprint density at radius 1 is 1.07 bits per heavy atom. The monoisotopic (exact) mass is 699 g/mol. The van der Waals surface area contributed by atoms with E-state index in [4.69, 9.17) is 26.4 Å². The summed E-state index contributed by atoms with van der Waals surface area (Å²) in [6.45, 7) is 2.28. The summed E-state index contributed by atoms with van der Waals surface area (Å²) >= 11 is 6.78. The number of thiazole rings is 1. The van der Waals surface area contributed by atoms with Crippen LogP contribution in [0, 0.1) is 5.92 Å². The average Bonchev–Trinajstić information content (AvgIpc) is 3.67. The van der Waals surface area contributed by atoms with Crippen molar-refractivity contribution < 1.29 is 51.8 Å². The lowest BCUT2D eigenvalue weighted by Gasteiger charge is -2.21. The van der Waals surface area contributed by atoms with Crippen molar-refractivity contribution in [1.29, 1.82) is 0 Å². The van der Waals surface area contributed by atoms with Gasteiger partial charge < -0.3 is 29.3 Å². The predicted octanol–water partition coefficient (Wildman–Crippen LogP) is 0.601. The van der Waals surface area contributed by atoms with E-state index < -0.39 is 52.4 Å². The standard InChI is InChI=1S/C26H25N3O12S4/c1-12(2)13(24-27(4-3-5-45(36,37)38)14-7-16-17(40-11-39-16)8-15(14)41-24)6-18-22(34)28(9-19(30)31)25(43-18)21-23(35)29(10-20(32)33)26(42)44-21/h6-8,12H,3-5,9-11H2,1-2H3,(H,30,31)(H,32,33)(H,36,37,38)/b18-6+,24-13+,25-21-. The van der Waals surface area contributed by atoms with Crippen LogP contribution in [-0.4, -0.2) is 80.5 Å². The summed E-state index contributed by atoms with van der Waals surface area (Å²) in [6.07, 6.45) is 1.53. The Morgan fingerprint density at radius 3 is 2.36 bits per heavy atom. The van der Waals surface area contributed by atoms with Gasteiger partial charge in [0.25, 0.3) is 21.6 Å². The summed E-state index contributed by atoms with van der Waals surface area (Å²) in [6, 6.07) is 3.29. The highest BCUT2D eigenvalue weighted by atomic mass is 32.2. The first-order valence-corrected chi connectivity index (χ1v) is 16.8. The number of thiocarbonyl (C=S) groups is 1. The SMILES string of the molecule is CC(C)C(/C=c1/s/c(=C2\SC(=S)N(CC(=O)O)C2=O)n(CC(=O)O)c1=O)=C1/Oc2cc3c(cc2N1CCCS(=O)(=O)O)OCO3. The summed E-state index contributed by atoms with van der Waals surface area (Å²) in [5, 5.41) is 18.7. The molecule has 0 radical (unpaired) electrons. The Labute approximate surface area is 268 Å². The molecular formula is C26H25N3O12S4. The van der Waals surface area contributed by atoms with Gasteiger partial charge in [-0.1, -0.05) is 37.8 Å². The fourth-order valence-electron chi connectivity index (χ4n) is 4.70. The quantitative estimate of drug-likeness (QED) is 0.230. The fraction of sp³-hybridized carbons (Fsp3) is 0.346. The highest BCUT2D eigenvalue weighted by molar-refractivity contribution is 8.30. The second-order valence-electron chi connectivity index (χ2n) is 10.2. The Hall–Kier alpha value is -3.91.